The number of aromatic amines is 1. The molecular weight excluding hydrogens is 430 g/mol. The molecule has 8 nitrogen and oxygen atoms in total. The third-order valence-corrected chi connectivity index (χ3v) is 7.09. The lowest BCUT2D eigenvalue weighted by Gasteiger charge is -2.28. The van der Waals surface area contributed by atoms with Crippen LogP contribution >= 0.6 is 0 Å². The van der Waals surface area contributed by atoms with Gasteiger partial charge in [0.05, 0.1) is 24.8 Å². The first kappa shape index (κ1) is 21.3. The Bertz CT molecular complexity index is 1430. The summed E-state index contributed by atoms with van der Waals surface area (Å²) in [7, 11) is 1.72. The summed E-state index contributed by atoms with van der Waals surface area (Å²) in [6, 6.07) is 6.19. The van der Waals surface area contributed by atoms with Crippen LogP contribution in [0.25, 0.3) is 39.0 Å². The molecule has 34 heavy (non-hydrogen) atoms. The maximum absolute atomic E-state index is 13.8. The Labute approximate surface area is 197 Å². The van der Waals surface area contributed by atoms with Gasteiger partial charge in [-0.3, -0.25) is 4.57 Å². The monoisotopic (exact) mass is 459 g/mol. The minimum atomic E-state index is -0.0217. The molecule has 8 heteroatoms. The Morgan fingerprint density at radius 1 is 1.18 bits per heavy atom. The Morgan fingerprint density at radius 3 is 2.91 bits per heavy atom. The van der Waals surface area contributed by atoms with E-state index in [0.717, 1.165) is 64.7 Å². The van der Waals surface area contributed by atoms with Crippen LogP contribution in [0, 0.1) is 5.92 Å². The molecule has 0 bridgehead atoms. The average Bonchev–Trinajstić information content (AvgIpc) is 3.46. The zero-order valence-electron chi connectivity index (χ0n) is 19.4. The van der Waals surface area contributed by atoms with E-state index in [4.69, 9.17) is 14.5 Å². The molecule has 0 aromatic carbocycles. The maximum Gasteiger partial charge on any atom is 0.334 e. The fourth-order valence-corrected chi connectivity index (χ4v) is 5.27. The fourth-order valence-electron chi connectivity index (χ4n) is 5.27. The molecule has 4 aromatic rings. The van der Waals surface area contributed by atoms with Crippen molar-refractivity contribution >= 4 is 27.9 Å². The van der Waals surface area contributed by atoms with E-state index < -0.39 is 0 Å². The van der Waals surface area contributed by atoms with Crippen LogP contribution in [-0.2, 0) is 16.0 Å². The summed E-state index contributed by atoms with van der Waals surface area (Å²) in [6.45, 7) is 1.81. The van der Waals surface area contributed by atoms with Crippen LogP contribution in [0.2, 0.25) is 0 Å². The quantitative estimate of drug-likeness (QED) is 0.483. The lowest BCUT2D eigenvalue weighted by atomic mass is 10.00. The van der Waals surface area contributed by atoms with Gasteiger partial charge in [-0.1, -0.05) is 6.08 Å². The predicted molar refractivity (Wildman–Crippen MR) is 132 cm³/mol. The van der Waals surface area contributed by atoms with E-state index in [0.29, 0.717) is 19.8 Å². The summed E-state index contributed by atoms with van der Waals surface area (Å²) in [6.07, 6.45) is 12.9. The summed E-state index contributed by atoms with van der Waals surface area (Å²) in [5, 5.41) is 1.05. The second kappa shape index (κ2) is 8.85. The SMILES string of the molecule is CO[C@H]1COC[C@@H](Cn2c(=O)n(C3=CCCCC3)c3ncc(-c4cnc5[nH]ccc5c4)cc32)C1. The van der Waals surface area contributed by atoms with Gasteiger partial charge in [0, 0.05) is 60.4 Å². The second-order valence-electron chi connectivity index (χ2n) is 9.37. The maximum atomic E-state index is 13.8. The van der Waals surface area contributed by atoms with Gasteiger partial charge in [0.25, 0.3) is 0 Å². The lowest BCUT2D eigenvalue weighted by molar-refractivity contribution is -0.0586. The Morgan fingerprint density at radius 2 is 2.06 bits per heavy atom. The highest BCUT2D eigenvalue weighted by atomic mass is 16.5. The molecule has 1 fully saturated rings. The number of fused-ring (bicyclic) bond motifs is 2. The van der Waals surface area contributed by atoms with E-state index in [-0.39, 0.29) is 17.7 Å². The van der Waals surface area contributed by atoms with E-state index in [2.05, 4.69) is 28.2 Å². The summed E-state index contributed by atoms with van der Waals surface area (Å²) >= 11 is 0. The third kappa shape index (κ3) is 3.76. The van der Waals surface area contributed by atoms with Gasteiger partial charge in [-0.25, -0.2) is 19.3 Å². The van der Waals surface area contributed by atoms with Crippen LogP contribution in [0.15, 0.2) is 47.7 Å². The van der Waals surface area contributed by atoms with Crippen molar-refractivity contribution in [3.05, 3.63) is 53.3 Å². The molecule has 0 amide bonds. The Kier molecular flexibility index (Phi) is 5.55. The molecule has 1 saturated heterocycles. The lowest BCUT2D eigenvalue weighted by Crippen LogP contribution is -2.35. The highest BCUT2D eigenvalue weighted by Crippen LogP contribution is 2.29. The van der Waals surface area contributed by atoms with Crippen LogP contribution < -0.4 is 5.69 Å². The fraction of sp³-hybridized carbons (Fsp3) is 0.423. The number of hydrogen-bond donors (Lipinski definition) is 1. The van der Waals surface area contributed by atoms with Crippen molar-refractivity contribution in [3.63, 3.8) is 0 Å². The van der Waals surface area contributed by atoms with E-state index >= 15 is 0 Å². The molecule has 5 heterocycles. The normalized spacial score (nSPS) is 21.3. The molecule has 2 atom stereocenters. The van der Waals surface area contributed by atoms with E-state index in [1.807, 2.05) is 33.8 Å². The second-order valence-corrected chi connectivity index (χ2v) is 9.37. The zero-order chi connectivity index (χ0) is 23.1. The van der Waals surface area contributed by atoms with Gasteiger partial charge in [-0.15, -0.1) is 0 Å². The molecule has 6 rings (SSSR count). The van der Waals surface area contributed by atoms with Crippen molar-refractivity contribution < 1.29 is 9.47 Å². The minimum absolute atomic E-state index is 0.0217. The van der Waals surface area contributed by atoms with Gasteiger partial charge >= 0.3 is 5.69 Å². The number of allylic oxidation sites excluding steroid dienone is 2. The number of ether oxygens (including phenoxy) is 2. The Balaban J connectivity index is 1.47. The van der Waals surface area contributed by atoms with Crippen molar-refractivity contribution in [3.8, 4) is 11.1 Å². The van der Waals surface area contributed by atoms with Crippen LogP contribution in [-0.4, -0.2) is 50.5 Å². The van der Waals surface area contributed by atoms with Crippen molar-refractivity contribution in [2.75, 3.05) is 20.3 Å². The summed E-state index contributed by atoms with van der Waals surface area (Å²) in [4.78, 5) is 26.2. The Hall–Kier alpha value is -3.23. The van der Waals surface area contributed by atoms with Crippen molar-refractivity contribution in [1.29, 1.82) is 0 Å². The number of rotatable bonds is 5. The molecule has 2 aliphatic rings. The number of hydrogen-bond acceptors (Lipinski definition) is 5. The smallest absolute Gasteiger partial charge is 0.334 e. The standard InChI is InChI=1S/C26H29N5O3/c1-33-22-9-17(15-34-16-22)14-30-23-11-20(19-10-18-7-8-27-24(18)28-12-19)13-29-25(23)31(26(30)32)21-5-3-2-4-6-21/h5,7-8,10-13,17,22H,2-4,6,9,14-16H2,1H3,(H,27,28)/t17-,22-/m1/s1. The predicted octanol–water partition coefficient (Wildman–Crippen LogP) is 4.21. The van der Waals surface area contributed by atoms with Crippen LogP contribution in [0.5, 0.6) is 0 Å². The molecule has 4 aromatic heterocycles. The molecule has 176 valence electrons. The van der Waals surface area contributed by atoms with Gasteiger partial charge in [-0.05, 0) is 50.3 Å². The number of pyridine rings is 2. The van der Waals surface area contributed by atoms with E-state index in [1.54, 1.807) is 7.11 Å². The van der Waals surface area contributed by atoms with Crippen LogP contribution in [0.4, 0.5) is 0 Å². The molecule has 0 unspecified atom stereocenters. The van der Waals surface area contributed by atoms with E-state index in [9.17, 15) is 4.79 Å². The molecule has 1 N–H and O–H groups in total. The number of nitrogens with zero attached hydrogens (tertiary/aromatic N) is 4. The van der Waals surface area contributed by atoms with Gasteiger partial charge in [0.1, 0.15) is 5.65 Å². The molecule has 1 aliphatic carbocycles. The summed E-state index contributed by atoms with van der Waals surface area (Å²) < 4.78 is 15.0. The molecule has 0 saturated carbocycles. The van der Waals surface area contributed by atoms with Gasteiger partial charge < -0.3 is 14.5 Å². The largest absolute Gasteiger partial charge is 0.379 e. The van der Waals surface area contributed by atoms with Crippen LogP contribution in [0.3, 0.4) is 0 Å². The van der Waals surface area contributed by atoms with Gasteiger partial charge in [-0.2, -0.15) is 0 Å². The van der Waals surface area contributed by atoms with Crippen molar-refractivity contribution in [2.45, 2.75) is 44.8 Å². The first-order valence-electron chi connectivity index (χ1n) is 12.1. The number of methoxy groups -OCH3 is 1. The summed E-state index contributed by atoms with van der Waals surface area (Å²) in [5.41, 5.74) is 5.39. The first-order valence-corrected chi connectivity index (χ1v) is 12.1. The molecule has 0 radical (unpaired) electrons. The average molecular weight is 460 g/mol. The molecule has 1 aliphatic heterocycles. The van der Waals surface area contributed by atoms with Crippen LogP contribution in [0.1, 0.15) is 32.1 Å². The number of imidazole rings is 1. The topological polar surface area (TPSA) is 87.0 Å². The molecule has 0 spiro atoms. The number of aromatic nitrogens is 5. The molecular formula is C26H29N5O3. The zero-order valence-corrected chi connectivity index (χ0v) is 19.4. The van der Waals surface area contributed by atoms with Crippen molar-refractivity contribution in [1.82, 2.24) is 24.1 Å². The first-order chi connectivity index (χ1) is 16.7. The highest BCUT2D eigenvalue weighted by Gasteiger charge is 2.26. The minimum Gasteiger partial charge on any atom is -0.379 e. The summed E-state index contributed by atoms with van der Waals surface area (Å²) in [5.74, 6) is 0.206. The van der Waals surface area contributed by atoms with E-state index in [1.165, 1.54) is 6.42 Å². The van der Waals surface area contributed by atoms with Gasteiger partial charge in [0.2, 0.25) is 0 Å². The highest BCUT2D eigenvalue weighted by molar-refractivity contribution is 5.85. The number of H-pyrrole nitrogens is 1. The van der Waals surface area contributed by atoms with Crippen molar-refractivity contribution in [2.24, 2.45) is 5.92 Å². The third-order valence-electron chi connectivity index (χ3n) is 7.09. The number of nitrogens with one attached hydrogen (secondary N) is 1. The van der Waals surface area contributed by atoms with Gasteiger partial charge in [0.15, 0.2) is 5.65 Å².